The Hall–Kier alpha value is -3.78. The SMILES string of the molecule is COc1ccc([C@@H]2Nc3cc(-c4cc(OC)c(OC)c(OC)c4)ccc3O[C@H]2CO)cc1OC. The second-order valence-corrected chi connectivity index (χ2v) is 7.70. The van der Waals surface area contributed by atoms with Gasteiger partial charge in [0.15, 0.2) is 23.0 Å². The highest BCUT2D eigenvalue weighted by atomic mass is 16.5. The van der Waals surface area contributed by atoms with E-state index in [1.807, 2.05) is 48.5 Å². The van der Waals surface area contributed by atoms with E-state index in [-0.39, 0.29) is 12.6 Å². The predicted octanol–water partition coefficient (Wildman–Crippen LogP) is 4.30. The fourth-order valence-electron chi connectivity index (χ4n) is 4.15. The van der Waals surface area contributed by atoms with Gasteiger partial charge in [0.25, 0.3) is 0 Å². The Morgan fingerprint density at radius 3 is 2.00 bits per heavy atom. The van der Waals surface area contributed by atoms with Gasteiger partial charge in [0.1, 0.15) is 11.9 Å². The maximum atomic E-state index is 10.0. The molecule has 1 heterocycles. The number of benzene rings is 3. The van der Waals surface area contributed by atoms with Crippen LogP contribution in [0.2, 0.25) is 0 Å². The van der Waals surface area contributed by atoms with Crippen LogP contribution in [0.4, 0.5) is 5.69 Å². The van der Waals surface area contributed by atoms with Gasteiger partial charge in [-0.2, -0.15) is 0 Å². The van der Waals surface area contributed by atoms with Crippen LogP contribution in [-0.2, 0) is 0 Å². The van der Waals surface area contributed by atoms with Gasteiger partial charge in [-0.1, -0.05) is 12.1 Å². The third kappa shape index (κ3) is 4.24. The van der Waals surface area contributed by atoms with Crippen molar-refractivity contribution >= 4 is 5.69 Å². The van der Waals surface area contributed by atoms with Crippen molar-refractivity contribution < 1.29 is 33.5 Å². The van der Waals surface area contributed by atoms with Crippen molar-refractivity contribution in [2.45, 2.75) is 12.1 Å². The molecule has 1 aliphatic rings. The summed E-state index contributed by atoms with van der Waals surface area (Å²) in [6.45, 7) is -0.153. The van der Waals surface area contributed by atoms with E-state index in [0.29, 0.717) is 34.5 Å². The molecule has 0 saturated carbocycles. The lowest BCUT2D eigenvalue weighted by Crippen LogP contribution is -2.37. The van der Waals surface area contributed by atoms with Gasteiger partial charge in [-0.05, 0) is 53.1 Å². The Labute approximate surface area is 198 Å². The molecule has 8 nitrogen and oxygen atoms in total. The van der Waals surface area contributed by atoms with E-state index in [4.69, 9.17) is 28.4 Å². The van der Waals surface area contributed by atoms with Crippen LogP contribution < -0.4 is 33.7 Å². The molecule has 0 fully saturated rings. The molecule has 0 radical (unpaired) electrons. The number of fused-ring (bicyclic) bond motifs is 1. The summed E-state index contributed by atoms with van der Waals surface area (Å²) in [7, 11) is 7.94. The van der Waals surface area contributed by atoms with Crippen molar-refractivity contribution in [2.75, 3.05) is 47.5 Å². The maximum Gasteiger partial charge on any atom is 0.203 e. The van der Waals surface area contributed by atoms with Crippen molar-refractivity contribution in [3.05, 3.63) is 54.1 Å². The maximum absolute atomic E-state index is 10.0. The first-order valence-electron chi connectivity index (χ1n) is 10.8. The fourth-order valence-corrected chi connectivity index (χ4v) is 4.15. The molecule has 0 amide bonds. The van der Waals surface area contributed by atoms with E-state index >= 15 is 0 Å². The first kappa shape index (κ1) is 23.4. The average molecular weight is 468 g/mol. The quantitative estimate of drug-likeness (QED) is 0.507. The van der Waals surface area contributed by atoms with Crippen LogP contribution in [-0.4, -0.2) is 53.4 Å². The van der Waals surface area contributed by atoms with E-state index in [9.17, 15) is 5.11 Å². The van der Waals surface area contributed by atoms with Gasteiger partial charge in [0.05, 0.1) is 53.9 Å². The Balaban J connectivity index is 1.72. The van der Waals surface area contributed by atoms with E-state index in [1.54, 1.807) is 35.5 Å². The van der Waals surface area contributed by atoms with Gasteiger partial charge in [-0.25, -0.2) is 0 Å². The average Bonchev–Trinajstić information content (AvgIpc) is 2.90. The minimum Gasteiger partial charge on any atom is -0.493 e. The van der Waals surface area contributed by atoms with Crippen LogP contribution >= 0.6 is 0 Å². The molecule has 180 valence electrons. The number of methoxy groups -OCH3 is 5. The molecule has 0 unspecified atom stereocenters. The second-order valence-electron chi connectivity index (χ2n) is 7.70. The van der Waals surface area contributed by atoms with Gasteiger partial charge < -0.3 is 38.8 Å². The van der Waals surface area contributed by atoms with Crippen LogP contribution in [0, 0.1) is 0 Å². The normalized spacial score (nSPS) is 16.5. The molecule has 0 saturated heterocycles. The first-order chi connectivity index (χ1) is 16.6. The highest BCUT2D eigenvalue weighted by Gasteiger charge is 2.31. The summed E-state index contributed by atoms with van der Waals surface area (Å²) >= 11 is 0. The molecule has 8 heteroatoms. The zero-order chi connectivity index (χ0) is 24.2. The summed E-state index contributed by atoms with van der Waals surface area (Å²) < 4.78 is 33.4. The number of hydrogen-bond donors (Lipinski definition) is 2. The molecular weight excluding hydrogens is 438 g/mol. The molecule has 2 atom stereocenters. The molecule has 1 aliphatic heterocycles. The topological polar surface area (TPSA) is 87.6 Å². The smallest absolute Gasteiger partial charge is 0.203 e. The van der Waals surface area contributed by atoms with E-state index in [1.165, 1.54) is 0 Å². The highest BCUT2D eigenvalue weighted by Crippen LogP contribution is 2.44. The van der Waals surface area contributed by atoms with Gasteiger partial charge in [-0.15, -0.1) is 0 Å². The fraction of sp³-hybridized carbons (Fsp3) is 0.308. The highest BCUT2D eigenvalue weighted by molar-refractivity contribution is 5.76. The molecule has 0 bridgehead atoms. The molecule has 0 aliphatic carbocycles. The monoisotopic (exact) mass is 467 g/mol. The zero-order valence-corrected chi connectivity index (χ0v) is 19.9. The number of anilines is 1. The number of aliphatic hydroxyl groups excluding tert-OH is 1. The van der Waals surface area contributed by atoms with Crippen molar-refractivity contribution in [2.24, 2.45) is 0 Å². The molecule has 34 heavy (non-hydrogen) atoms. The number of ether oxygens (including phenoxy) is 6. The molecule has 2 N–H and O–H groups in total. The first-order valence-corrected chi connectivity index (χ1v) is 10.8. The standard InChI is InChI=1S/C26H29NO7/c1-29-20-9-7-16(11-21(20)30-2)25-24(14-28)34-19-8-6-15(10-18(19)27-25)17-12-22(31-3)26(33-5)23(13-17)32-4/h6-13,24-25,27-28H,14H2,1-5H3/t24-,25-/m0/s1. The summed E-state index contributed by atoms with van der Waals surface area (Å²) in [5, 5.41) is 13.5. The Morgan fingerprint density at radius 1 is 0.735 bits per heavy atom. The minimum absolute atomic E-state index is 0.153. The molecule has 3 aromatic carbocycles. The van der Waals surface area contributed by atoms with E-state index < -0.39 is 6.10 Å². The van der Waals surface area contributed by atoms with Gasteiger partial charge >= 0.3 is 0 Å². The van der Waals surface area contributed by atoms with Gasteiger partial charge in [0, 0.05) is 0 Å². The summed E-state index contributed by atoms with van der Waals surface area (Å²) in [4.78, 5) is 0. The van der Waals surface area contributed by atoms with Crippen LogP contribution in [0.5, 0.6) is 34.5 Å². The third-order valence-electron chi connectivity index (χ3n) is 5.89. The number of nitrogens with one attached hydrogen (secondary N) is 1. The van der Waals surface area contributed by atoms with Crippen molar-refractivity contribution in [3.63, 3.8) is 0 Å². The van der Waals surface area contributed by atoms with Crippen molar-refractivity contribution in [1.82, 2.24) is 0 Å². The summed E-state index contributed by atoms with van der Waals surface area (Å²) in [5.74, 6) is 3.58. The number of aliphatic hydroxyl groups is 1. The molecule has 3 aromatic rings. The van der Waals surface area contributed by atoms with E-state index in [2.05, 4.69) is 5.32 Å². The minimum atomic E-state index is -0.474. The largest absolute Gasteiger partial charge is 0.493 e. The van der Waals surface area contributed by atoms with E-state index in [0.717, 1.165) is 22.4 Å². The summed E-state index contributed by atoms with van der Waals surface area (Å²) in [6.07, 6.45) is -0.474. The predicted molar refractivity (Wildman–Crippen MR) is 129 cm³/mol. The molecule has 4 rings (SSSR count). The van der Waals surface area contributed by atoms with Crippen molar-refractivity contribution in [3.8, 4) is 45.6 Å². The zero-order valence-electron chi connectivity index (χ0n) is 19.9. The second kappa shape index (κ2) is 10.0. The summed E-state index contributed by atoms with van der Waals surface area (Å²) in [6, 6.07) is 15.0. The van der Waals surface area contributed by atoms with Gasteiger partial charge in [0.2, 0.25) is 5.75 Å². The van der Waals surface area contributed by atoms with Crippen molar-refractivity contribution in [1.29, 1.82) is 0 Å². The third-order valence-corrected chi connectivity index (χ3v) is 5.89. The van der Waals surface area contributed by atoms with Crippen LogP contribution in [0.1, 0.15) is 11.6 Å². The van der Waals surface area contributed by atoms with Crippen LogP contribution in [0.15, 0.2) is 48.5 Å². The van der Waals surface area contributed by atoms with Crippen LogP contribution in [0.25, 0.3) is 11.1 Å². The molecular formula is C26H29NO7. The Morgan fingerprint density at radius 2 is 1.41 bits per heavy atom. The lowest BCUT2D eigenvalue weighted by molar-refractivity contribution is 0.0932. The number of hydrogen-bond acceptors (Lipinski definition) is 8. The lowest BCUT2D eigenvalue weighted by atomic mass is 9.97. The Bertz CT molecular complexity index is 1140. The summed E-state index contributed by atoms with van der Waals surface area (Å²) in [5.41, 5.74) is 3.53. The van der Waals surface area contributed by atoms with Crippen LogP contribution in [0.3, 0.4) is 0 Å². The molecule has 0 spiro atoms. The Kier molecular flexibility index (Phi) is 6.88. The molecule has 0 aromatic heterocycles. The number of rotatable bonds is 8. The lowest BCUT2D eigenvalue weighted by Gasteiger charge is -2.35. The van der Waals surface area contributed by atoms with Gasteiger partial charge in [-0.3, -0.25) is 0 Å².